The second-order valence-corrected chi connectivity index (χ2v) is 6.85. The van der Waals surface area contributed by atoms with Crippen LogP contribution >= 0.6 is 15.9 Å². The Morgan fingerprint density at radius 2 is 2.33 bits per heavy atom. The van der Waals surface area contributed by atoms with Crippen molar-refractivity contribution in [3.8, 4) is 0 Å². The van der Waals surface area contributed by atoms with Gasteiger partial charge >= 0.3 is 0 Å². The van der Waals surface area contributed by atoms with E-state index in [2.05, 4.69) is 38.2 Å². The van der Waals surface area contributed by atoms with Gasteiger partial charge in [-0.2, -0.15) is 5.10 Å². The van der Waals surface area contributed by atoms with Crippen molar-refractivity contribution >= 4 is 15.9 Å². The highest BCUT2D eigenvalue weighted by Gasteiger charge is 2.31. The summed E-state index contributed by atoms with van der Waals surface area (Å²) in [7, 11) is 2.01. The van der Waals surface area contributed by atoms with Crippen LogP contribution in [0.3, 0.4) is 0 Å². The van der Waals surface area contributed by atoms with Gasteiger partial charge in [-0.15, -0.1) is 0 Å². The molecule has 1 aromatic rings. The fourth-order valence-corrected chi connectivity index (χ4v) is 4.13. The Kier molecular flexibility index (Phi) is 4.99. The number of aryl methyl sites for hydroxylation is 2. The zero-order valence-corrected chi connectivity index (χ0v) is 14.5. The summed E-state index contributed by atoms with van der Waals surface area (Å²) < 4.78 is 9.09. The fourth-order valence-electron chi connectivity index (χ4n) is 3.37. The third-order valence-electron chi connectivity index (χ3n) is 4.63. The molecule has 0 spiro atoms. The van der Waals surface area contributed by atoms with Crippen molar-refractivity contribution in [3.05, 3.63) is 15.9 Å². The number of hydrogen-bond donors (Lipinski definition) is 1. The maximum atomic E-state index is 5.98. The summed E-state index contributed by atoms with van der Waals surface area (Å²) in [5.74, 6) is 0. The Morgan fingerprint density at radius 1 is 1.48 bits per heavy atom. The molecule has 0 aromatic carbocycles. The molecule has 3 rings (SSSR count). The highest BCUT2D eigenvalue weighted by Crippen LogP contribution is 2.23. The van der Waals surface area contributed by atoms with Crippen LogP contribution in [0.25, 0.3) is 0 Å². The zero-order chi connectivity index (χ0) is 14.8. The Bertz CT molecular complexity index is 490. The van der Waals surface area contributed by atoms with Crippen molar-refractivity contribution in [2.45, 2.75) is 44.9 Å². The summed E-state index contributed by atoms with van der Waals surface area (Å²) in [6, 6.07) is 0.680. The van der Waals surface area contributed by atoms with Crippen LogP contribution in [0.15, 0.2) is 4.47 Å². The van der Waals surface area contributed by atoms with Gasteiger partial charge in [0.2, 0.25) is 0 Å². The van der Waals surface area contributed by atoms with E-state index < -0.39 is 0 Å². The summed E-state index contributed by atoms with van der Waals surface area (Å²) in [5.41, 5.74) is 2.34. The molecule has 0 radical (unpaired) electrons. The van der Waals surface area contributed by atoms with Crippen LogP contribution < -0.4 is 5.32 Å². The molecule has 1 aromatic heterocycles. The van der Waals surface area contributed by atoms with Crippen LogP contribution in [0.5, 0.6) is 0 Å². The molecule has 1 N–H and O–H groups in total. The van der Waals surface area contributed by atoms with Crippen LogP contribution in [0.1, 0.15) is 31.2 Å². The molecule has 0 bridgehead atoms. The predicted molar refractivity (Wildman–Crippen MR) is 86.3 cm³/mol. The summed E-state index contributed by atoms with van der Waals surface area (Å²) in [5, 5.41) is 8.06. The van der Waals surface area contributed by atoms with E-state index in [1.165, 1.54) is 25.1 Å². The molecule has 2 fully saturated rings. The lowest BCUT2D eigenvalue weighted by Crippen LogP contribution is -2.49. The van der Waals surface area contributed by atoms with E-state index in [9.17, 15) is 0 Å². The normalized spacial score (nSPS) is 26.2. The van der Waals surface area contributed by atoms with Crippen LogP contribution in [0.4, 0.5) is 0 Å². The van der Waals surface area contributed by atoms with Gasteiger partial charge in [0.1, 0.15) is 0 Å². The smallest absolute Gasteiger partial charge is 0.0827 e. The van der Waals surface area contributed by atoms with Gasteiger partial charge in [-0.05, 0) is 41.7 Å². The molecule has 5 nitrogen and oxygen atoms in total. The molecular formula is C15H25BrN4O. The quantitative estimate of drug-likeness (QED) is 0.871. The Labute approximate surface area is 135 Å². The molecule has 0 saturated carbocycles. The minimum Gasteiger partial charge on any atom is -0.374 e. The molecule has 2 aliphatic heterocycles. The van der Waals surface area contributed by atoms with E-state index in [0.29, 0.717) is 12.1 Å². The van der Waals surface area contributed by atoms with E-state index in [1.807, 2.05) is 11.7 Å². The van der Waals surface area contributed by atoms with Crippen molar-refractivity contribution in [1.82, 2.24) is 20.0 Å². The minimum absolute atomic E-state index is 0.317. The first kappa shape index (κ1) is 15.5. The summed E-state index contributed by atoms with van der Waals surface area (Å²) >= 11 is 3.66. The highest BCUT2D eigenvalue weighted by molar-refractivity contribution is 9.10. The van der Waals surface area contributed by atoms with Crippen LogP contribution in [-0.4, -0.2) is 53.1 Å². The Hall–Kier alpha value is -0.430. The molecule has 2 unspecified atom stereocenters. The van der Waals surface area contributed by atoms with E-state index >= 15 is 0 Å². The average Bonchev–Trinajstić information content (AvgIpc) is 3.05. The van der Waals surface area contributed by atoms with Crippen LogP contribution in [0.2, 0.25) is 0 Å². The number of morpholine rings is 1. The summed E-state index contributed by atoms with van der Waals surface area (Å²) in [6.45, 7) is 7.09. The van der Waals surface area contributed by atoms with Crippen LogP contribution in [-0.2, 0) is 24.8 Å². The maximum absolute atomic E-state index is 5.98. The van der Waals surface area contributed by atoms with Crippen molar-refractivity contribution in [1.29, 1.82) is 0 Å². The second kappa shape index (κ2) is 6.77. The molecule has 3 heterocycles. The average molecular weight is 357 g/mol. The number of hydrogen-bond acceptors (Lipinski definition) is 4. The zero-order valence-electron chi connectivity index (χ0n) is 12.9. The number of ether oxygens (including phenoxy) is 1. The highest BCUT2D eigenvalue weighted by atomic mass is 79.9. The van der Waals surface area contributed by atoms with Gasteiger partial charge in [-0.3, -0.25) is 9.58 Å². The van der Waals surface area contributed by atoms with E-state index in [4.69, 9.17) is 4.74 Å². The summed E-state index contributed by atoms with van der Waals surface area (Å²) in [6.07, 6.45) is 3.91. The maximum Gasteiger partial charge on any atom is 0.0827 e. The molecule has 0 aliphatic carbocycles. The van der Waals surface area contributed by atoms with Crippen molar-refractivity contribution in [2.24, 2.45) is 7.05 Å². The molecule has 2 saturated heterocycles. The van der Waals surface area contributed by atoms with Gasteiger partial charge in [0.25, 0.3) is 0 Å². The lowest BCUT2D eigenvalue weighted by molar-refractivity contribution is -0.0470. The van der Waals surface area contributed by atoms with Crippen molar-refractivity contribution < 1.29 is 4.74 Å². The van der Waals surface area contributed by atoms with Gasteiger partial charge in [0, 0.05) is 32.7 Å². The predicted octanol–water partition coefficient (Wildman–Crippen LogP) is 1.70. The fraction of sp³-hybridized carbons (Fsp3) is 0.800. The SMILES string of the molecule is CCc1nn(C)c(CNCC2CN3CCCC3CO2)c1Br. The molecule has 21 heavy (non-hydrogen) atoms. The first-order valence-electron chi connectivity index (χ1n) is 7.95. The monoisotopic (exact) mass is 356 g/mol. The first-order chi connectivity index (χ1) is 10.2. The molecule has 2 atom stereocenters. The molecule has 2 aliphatic rings. The topological polar surface area (TPSA) is 42.3 Å². The van der Waals surface area contributed by atoms with Crippen molar-refractivity contribution in [2.75, 3.05) is 26.2 Å². The second-order valence-electron chi connectivity index (χ2n) is 6.06. The number of aromatic nitrogens is 2. The van der Waals surface area contributed by atoms with Gasteiger partial charge in [-0.25, -0.2) is 0 Å². The van der Waals surface area contributed by atoms with E-state index in [0.717, 1.165) is 42.8 Å². The standard InChI is InChI=1S/C15H25BrN4O/c1-3-13-15(16)14(19(2)18-13)8-17-7-12-9-20-6-4-5-11(20)10-21-12/h11-12,17H,3-10H2,1-2H3. The van der Waals surface area contributed by atoms with E-state index in [-0.39, 0.29) is 0 Å². The van der Waals surface area contributed by atoms with Crippen molar-refractivity contribution in [3.63, 3.8) is 0 Å². The van der Waals surface area contributed by atoms with Crippen LogP contribution in [0, 0.1) is 0 Å². The lowest BCUT2D eigenvalue weighted by Gasteiger charge is -2.35. The molecule has 0 amide bonds. The first-order valence-corrected chi connectivity index (χ1v) is 8.75. The van der Waals surface area contributed by atoms with E-state index in [1.54, 1.807) is 0 Å². The number of rotatable bonds is 5. The molecule has 6 heteroatoms. The largest absolute Gasteiger partial charge is 0.374 e. The third kappa shape index (κ3) is 3.33. The minimum atomic E-state index is 0.317. The number of fused-ring (bicyclic) bond motifs is 1. The number of halogens is 1. The summed E-state index contributed by atoms with van der Waals surface area (Å²) in [4.78, 5) is 2.59. The van der Waals surface area contributed by atoms with Gasteiger partial charge in [0.05, 0.1) is 28.6 Å². The lowest BCUT2D eigenvalue weighted by atomic mass is 10.2. The molecular weight excluding hydrogens is 332 g/mol. The Morgan fingerprint density at radius 3 is 3.10 bits per heavy atom. The van der Waals surface area contributed by atoms with Gasteiger partial charge in [-0.1, -0.05) is 6.92 Å². The number of nitrogens with one attached hydrogen (secondary N) is 1. The third-order valence-corrected chi connectivity index (χ3v) is 5.54. The number of nitrogens with zero attached hydrogens (tertiary/aromatic N) is 3. The van der Waals surface area contributed by atoms with Gasteiger partial charge < -0.3 is 10.1 Å². The Balaban J connectivity index is 1.49. The van der Waals surface area contributed by atoms with Gasteiger partial charge in [0.15, 0.2) is 0 Å². The molecule has 118 valence electrons.